The van der Waals surface area contributed by atoms with Gasteiger partial charge in [-0.25, -0.2) is 4.79 Å². The van der Waals surface area contributed by atoms with Gasteiger partial charge in [0, 0.05) is 13.1 Å². The summed E-state index contributed by atoms with van der Waals surface area (Å²) in [6.07, 6.45) is 1.84. The summed E-state index contributed by atoms with van der Waals surface area (Å²) in [5.74, 6) is -1.29. The second-order valence-corrected chi connectivity index (χ2v) is 4.48. The number of nitro groups is 1. The standard InChI is InChI=1S/C13H18N2O4/c1-4-6-9(2)14(3)11-8-5-7-10(13(16)17)12(11)15(18)19/h5,7-9H,4,6H2,1-3H3,(H,16,17). The van der Waals surface area contributed by atoms with Crippen molar-refractivity contribution in [1.29, 1.82) is 0 Å². The minimum absolute atomic E-state index is 0.104. The fourth-order valence-electron chi connectivity index (χ4n) is 2.03. The van der Waals surface area contributed by atoms with Gasteiger partial charge in [-0.1, -0.05) is 19.4 Å². The second-order valence-electron chi connectivity index (χ2n) is 4.48. The summed E-state index contributed by atoms with van der Waals surface area (Å²) in [6, 6.07) is 4.47. The predicted molar refractivity (Wildman–Crippen MR) is 72.8 cm³/mol. The fraction of sp³-hybridized carbons (Fsp3) is 0.462. The molecule has 0 saturated heterocycles. The molecule has 1 aromatic rings. The molecule has 1 aromatic carbocycles. The molecule has 6 heteroatoms. The summed E-state index contributed by atoms with van der Waals surface area (Å²) < 4.78 is 0. The number of nitrogens with zero attached hydrogens (tertiary/aromatic N) is 2. The van der Waals surface area contributed by atoms with Gasteiger partial charge in [-0.3, -0.25) is 10.1 Å². The minimum atomic E-state index is -1.29. The Bertz CT molecular complexity index is 488. The molecule has 0 saturated carbocycles. The summed E-state index contributed by atoms with van der Waals surface area (Å²) in [4.78, 5) is 23.3. The van der Waals surface area contributed by atoms with Gasteiger partial charge in [-0.05, 0) is 25.5 Å². The maximum Gasteiger partial charge on any atom is 0.342 e. The maximum absolute atomic E-state index is 11.1. The zero-order chi connectivity index (χ0) is 14.6. The third kappa shape index (κ3) is 3.21. The van der Waals surface area contributed by atoms with E-state index in [1.807, 2.05) is 13.8 Å². The van der Waals surface area contributed by atoms with Crippen LogP contribution in [-0.2, 0) is 0 Å². The van der Waals surface area contributed by atoms with Crippen LogP contribution in [0.4, 0.5) is 11.4 Å². The lowest BCUT2D eigenvalue weighted by Crippen LogP contribution is -2.29. The Labute approximate surface area is 111 Å². The molecule has 19 heavy (non-hydrogen) atoms. The zero-order valence-corrected chi connectivity index (χ0v) is 11.3. The smallest absolute Gasteiger partial charge is 0.342 e. The summed E-state index contributed by atoms with van der Waals surface area (Å²) >= 11 is 0. The zero-order valence-electron chi connectivity index (χ0n) is 11.3. The quantitative estimate of drug-likeness (QED) is 0.632. The van der Waals surface area contributed by atoms with E-state index < -0.39 is 10.9 Å². The Morgan fingerprint density at radius 1 is 1.53 bits per heavy atom. The molecule has 1 N–H and O–H groups in total. The number of carbonyl (C=O) groups is 1. The van der Waals surface area contributed by atoms with Gasteiger partial charge in [-0.2, -0.15) is 0 Å². The number of benzene rings is 1. The van der Waals surface area contributed by atoms with Crippen molar-refractivity contribution in [2.24, 2.45) is 0 Å². The van der Waals surface area contributed by atoms with E-state index in [2.05, 4.69) is 0 Å². The summed E-state index contributed by atoms with van der Waals surface area (Å²) in [7, 11) is 1.74. The molecule has 0 aromatic heterocycles. The number of carboxylic acid groups (broad SMARTS) is 1. The SMILES string of the molecule is CCCC(C)N(C)c1cccc(C(=O)O)c1[N+](=O)[O-]. The fourth-order valence-corrected chi connectivity index (χ4v) is 2.03. The van der Waals surface area contributed by atoms with E-state index in [-0.39, 0.29) is 17.3 Å². The number of hydrogen-bond acceptors (Lipinski definition) is 4. The minimum Gasteiger partial charge on any atom is -0.477 e. The average Bonchev–Trinajstić information content (AvgIpc) is 2.36. The van der Waals surface area contributed by atoms with Gasteiger partial charge in [0.2, 0.25) is 0 Å². The van der Waals surface area contributed by atoms with Gasteiger partial charge in [0.05, 0.1) is 4.92 Å². The molecule has 0 aliphatic heterocycles. The first-order valence-corrected chi connectivity index (χ1v) is 6.13. The van der Waals surface area contributed by atoms with Crippen LogP contribution in [0.25, 0.3) is 0 Å². The highest BCUT2D eigenvalue weighted by molar-refractivity contribution is 5.95. The van der Waals surface area contributed by atoms with Crippen LogP contribution in [0.1, 0.15) is 37.0 Å². The molecule has 0 radical (unpaired) electrons. The molecule has 6 nitrogen and oxygen atoms in total. The van der Waals surface area contributed by atoms with Crippen LogP contribution in [0, 0.1) is 10.1 Å². The highest BCUT2D eigenvalue weighted by Crippen LogP contribution is 2.32. The van der Waals surface area contributed by atoms with Gasteiger partial charge >= 0.3 is 11.7 Å². The number of carboxylic acids is 1. The first-order chi connectivity index (χ1) is 8.90. The van der Waals surface area contributed by atoms with Crippen molar-refractivity contribution in [2.45, 2.75) is 32.7 Å². The van der Waals surface area contributed by atoms with E-state index in [9.17, 15) is 14.9 Å². The number of rotatable bonds is 6. The Balaban J connectivity index is 3.31. The van der Waals surface area contributed by atoms with Crippen molar-refractivity contribution >= 4 is 17.3 Å². The number of anilines is 1. The van der Waals surface area contributed by atoms with Crippen LogP contribution in [0.15, 0.2) is 18.2 Å². The lowest BCUT2D eigenvalue weighted by Gasteiger charge is -2.26. The molecule has 0 amide bonds. The predicted octanol–water partition coefficient (Wildman–Crippen LogP) is 2.92. The van der Waals surface area contributed by atoms with Crippen LogP contribution >= 0.6 is 0 Å². The third-order valence-corrected chi connectivity index (χ3v) is 3.18. The van der Waals surface area contributed by atoms with E-state index in [0.29, 0.717) is 5.69 Å². The molecule has 104 valence electrons. The van der Waals surface area contributed by atoms with Gasteiger partial charge in [-0.15, -0.1) is 0 Å². The lowest BCUT2D eigenvalue weighted by molar-refractivity contribution is -0.384. The molecule has 0 aliphatic rings. The number of nitro benzene ring substituents is 1. The van der Waals surface area contributed by atoms with E-state index in [0.717, 1.165) is 12.8 Å². The molecule has 0 fully saturated rings. The second kappa shape index (κ2) is 6.17. The normalized spacial score (nSPS) is 11.9. The lowest BCUT2D eigenvalue weighted by atomic mass is 10.1. The molecular weight excluding hydrogens is 248 g/mol. The highest BCUT2D eigenvalue weighted by atomic mass is 16.6. The average molecular weight is 266 g/mol. The third-order valence-electron chi connectivity index (χ3n) is 3.18. The Morgan fingerprint density at radius 2 is 2.16 bits per heavy atom. The van der Waals surface area contributed by atoms with Gasteiger partial charge < -0.3 is 10.0 Å². The highest BCUT2D eigenvalue weighted by Gasteiger charge is 2.27. The van der Waals surface area contributed by atoms with Gasteiger partial charge in [0.25, 0.3) is 0 Å². The van der Waals surface area contributed by atoms with E-state index in [1.54, 1.807) is 18.0 Å². The number of para-hydroxylation sites is 1. The summed E-state index contributed by atoms with van der Waals surface area (Å²) in [6.45, 7) is 3.99. The molecule has 0 aliphatic carbocycles. The Kier molecular flexibility index (Phi) is 4.86. The van der Waals surface area contributed by atoms with Crippen molar-refractivity contribution in [2.75, 3.05) is 11.9 Å². The van der Waals surface area contributed by atoms with E-state index in [4.69, 9.17) is 5.11 Å². The monoisotopic (exact) mass is 266 g/mol. The van der Waals surface area contributed by atoms with Crippen LogP contribution in [0.3, 0.4) is 0 Å². The number of aromatic carboxylic acids is 1. The maximum atomic E-state index is 11.1. The van der Waals surface area contributed by atoms with Gasteiger partial charge in [0.15, 0.2) is 0 Å². The topological polar surface area (TPSA) is 83.7 Å². The first kappa shape index (κ1) is 14.9. The molecule has 0 spiro atoms. The Morgan fingerprint density at radius 3 is 2.63 bits per heavy atom. The summed E-state index contributed by atoms with van der Waals surface area (Å²) in [5.41, 5.74) is -0.288. The summed E-state index contributed by atoms with van der Waals surface area (Å²) in [5, 5.41) is 20.2. The van der Waals surface area contributed by atoms with E-state index in [1.165, 1.54) is 12.1 Å². The first-order valence-electron chi connectivity index (χ1n) is 6.13. The molecular formula is C13H18N2O4. The van der Waals surface area contributed by atoms with Crippen molar-refractivity contribution in [1.82, 2.24) is 0 Å². The van der Waals surface area contributed by atoms with E-state index >= 15 is 0 Å². The molecule has 0 bridgehead atoms. The van der Waals surface area contributed by atoms with Crippen molar-refractivity contribution < 1.29 is 14.8 Å². The van der Waals surface area contributed by atoms with Crippen molar-refractivity contribution in [3.05, 3.63) is 33.9 Å². The van der Waals surface area contributed by atoms with Crippen LogP contribution < -0.4 is 4.90 Å². The van der Waals surface area contributed by atoms with Crippen LogP contribution in [0.2, 0.25) is 0 Å². The molecule has 0 heterocycles. The molecule has 1 atom stereocenters. The number of hydrogen-bond donors (Lipinski definition) is 1. The van der Waals surface area contributed by atoms with Crippen LogP contribution in [-0.4, -0.2) is 29.1 Å². The van der Waals surface area contributed by atoms with Crippen molar-refractivity contribution in [3.8, 4) is 0 Å². The van der Waals surface area contributed by atoms with Gasteiger partial charge in [0.1, 0.15) is 11.3 Å². The van der Waals surface area contributed by atoms with Crippen LogP contribution in [0.5, 0.6) is 0 Å². The van der Waals surface area contributed by atoms with Crippen molar-refractivity contribution in [3.63, 3.8) is 0 Å². The molecule has 1 rings (SSSR count). The largest absolute Gasteiger partial charge is 0.477 e. The Hall–Kier alpha value is -2.11. The molecule has 1 unspecified atom stereocenters.